The fourth-order valence-corrected chi connectivity index (χ4v) is 4.34. The third-order valence-electron chi connectivity index (χ3n) is 6.24. The van der Waals surface area contributed by atoms with Gasteiger partial charge < -0.3 is 30.3 Å². The molecule has 170 valence electrons. The fraction of sp³-hybridized carbons (Fsp3) is 0.455. The number of aliphatic hydroxyl groups is 1. The van der Waals surface area contributed by atoms with E-state index in [1.807, 2.05) is 17.0 Å². The number of nitrogens with one attached hydrogen (secondary N) is 2. The molecule has 2 aliphatic rings. The summed E-state index contributed by atoms with van der Waals surface area (Å²) in [5.74, 6) is -0.439. The molecule has 2 aromatic rings. The Balaban J connectivity index is 1.28. The Morgan fingerprint density at radius 1 is 1.00 bits per heavy atom. The van der Waals surface area contributed by atoms with Crippen LogP contribution in [0.1, 0.15) is 36.2 Å². The summed E-state index contributed by atoms with van der Waals surface area (Å²) >= 11 is 0. The number of H-pyrrole nitrogens is 1. The summed E-state index contributed by atoms with van der Waals surface area (Å²) < 4.78 is 0. The smallest absolute Gasteiger partial charge is 0.321 e. The van der Waals surface area contributed by atoms with E-state index < -0.39 is 10.8 Å². The molecule has 1 saturated heterocycles. The molecule has 0 bridgehead atoms. The maximum Gasteiger partial charge on any atom is 0.321 e. The molecule has 2 heterocycles. The van der Waals surface area contributed by atoms with Crippen LogP contribution in [-0.4, -0.2) is 64.0 Å². The second kappa shape index (κ2) is 9.39. The number of amides is 2. The quantitative estimate of drug-likeness (QED) is 0.482. The van der Waals surface area contributed by atoms with Gasteiger partial charge in [-0.05, 0) is 60.9 Å². The molecule has 1 saturated carbocycles. The summed E-state index contributed by atoms with van der Waals surface area (Å²) in [5, 5.41) is 23.1. The van der Waals surface area contributed by atoms with Crippen molar-refractivity contribution in [2.75, 3.05) is 36.4 Å². The maximum absolute atomic E-state index is 12.8. The third kappa shape index (κ3) is 4.91. The van der Waals surface area contributed by atoms with Crippen molar-refractivity contribution in [2.24, 2.45) is 5.92 Å². The van der Waals surface area contributed by atoms with Crippen LogP contribution in [0, 0.1) is 16.0 Å². The first-order chi connectivity index (χ1) is 15.4. The monoisotopic (exact) mass is 441 g/mol. The highest BCUT2D eigenvalue weighted by Crippen LogP contribution is 2.27. The average molecular weight is 441 g/mol. The number of hydrogen-bond acceptors (Lipinski definition) is 6. The SMILES string of the molecule is O=C(Nc1ccc(N2CCN(C(=O)C3CCC(O)CC3)CC2)cc1)c1ccc([N+](=O)[O-])[nH]1. The predicted octanol–water partition coefficient (Wildman–Crippen LogP) is 2.37. The Labute approximate surface area is 185 Å². The van der Waals surface area contributed by atoms with Crippen LogP contribution in [0.2, 0.25) is 0 Å². The minimum Gasteiger partial charge on any atom is -0.393 e. The van der Waals surface area contributed by atoms with Gasteiger partial charge in [-0.25, -0.2) is 4.98 Å². The van der Waals surface area contributed by atoms with Gasteiger partial charge in [0.05, 0.1) is 6.10 Å². The van der Waals surface area contributed by atoms with Gasteiger partial charge >= 0.3 is 5.82 Å². The van der Waals surface area contributed by atoms with Crippen LogP contribution in [-0.2, 0) is 4.79 Å². The standard InChI is InChI=1S/C22H27N5O5/c28-18-7-1-15(2-8-18)22(30)26-13-11-25(12-14-26)17-5-3-16(4-6-17)23-21(29)19-9-10-20(24-19)27(31)32/h3-6,9-10,15,18,24,28H,1-2,7-8,11-14H2,(H,23,29). The first kappa shape index (κ1) is 21.8. The summed E-state index contributed by atoms with van der Waals surface area (Å²) in [6, 6.07) is 10.0. The van der Waals surface area contributed by atoms with Crippen molar-refractivity contribution in [1.82, 2.24) is 9.88 Å². The van der Waals surface area contributed by atoms with Crippen LogP contribution in [0.3, 0.4) is 0 Å². The zero-order valence-electron chi connectivity index (χ0n) is 17.7. The van der Waals surface area contributed by atoms with E-state index in [1.54, 1.807) is 12.1 Å². The Morgan fingerprint density at radius 3 is 2.25 bits per heavy atom. The summed E-state index contributed by atoms with van der Waals surface area (Å²) in [6.07, 6.45) is 2.69. The molecule has 10 nitrogen and oxygen atoms in total. The van der Waals surface area contributed by atoms with E-state index in [0.29, 0.717) is 31.6 Å². The van der Waals surface area contributed by atoms with E-state index >= 15 is 0 Å². The first-order valence-electron chi connectivity index (χ1n) is 10.9. The van der Waals surface area contributed by atoms with Gasteiger partial charge in [0.25, 0.3) is 5.91 Å². The lowest BCUT2D eigenvalue weighted by molar-refractivity contribution is -0.389. The Kier molecular flexibility index (Phi) is 6.40. The maximum atomic E-state index is 12.8. The predicted molar refractivity (Wildman–Crippen MR) is 119 cm³/mol. The Morgan fingerprint density at radius 2 is 1.66 bits per heavy atom. The number of carbonyl (C=O) groups excluding carboxylic acids is 2. The van der Waals surface area contributed by atoms with Crippen LogP contribution in [0.5, 0.6) is 0 Å². The molecular weight excluding hydrogens is 414 g/mol. The van der Waals surface area contributed by atoms with Crippen molar-refractivity contribution in [3.8, 4) is 0 Å². The molecule has 1 aliphatic carbocycles. The number of aromatic amines is 1. The van der Waals surface area contributed by atoms with Gasteiger partial charge in [-0.1, -0.05) is 0 Å². The van der Waals surface area contributed by atoms with E-state index in [1.165, 1.54) is 12.1 Å². The Hall–Kier alpha value is -3.40. The number of aromatic nitrogens is 1. The largest absolute Gasteiger partial charge is 0.393 e. The van der Waals surface area contributed by atoms with Crippen molar-refractivity contribution in [2.45, 2.75) is 31.8 Å². The number of aliphatic hydroxyl groups excluding tert-OH is 1. The number of hydrogen-bond donors (Lipinski definition) is 3. The lowest BCUT2D eigenvalue weighted by Crippen LogP contribution is -2.50. The van der Waals surface area contributed by atoms with Gasteiger partial charge in [-0.3, -0.25) is 9.59 Å². The van der Waals surface area contributed by atoms with Crippen molar-refractivity contribution in [3.05, 3.63) is 52.2 Å². The van der Waals surface area contributed by atoms with E-state index in [-0.39, 0.29) is 29.4 Å². The minimum atomic E-state index is -0.585. The van der Waals surface area contributed by atoms with Crippen LogP contribution >= 0.6 is 0 Å². The Bertz CT molecular complexity index is 973. The van der Waals surface area contributed by atoms with E-state index in [2.05, 4.69) is 15.2 Å². The molecule has 4 rings (SSSR count). The van der Waals surface area contributed by atoms with Gasteiger partial charge in [0.1, 0.15) is 0 Å². The van der Waals surface area contributed by atoms with E-state index in [0.717, 1.165) is 31.6 Å². The first-order valence-corrected chi connectivity index (χ1v) is 10.9. The lowest BCUT2D eigenvalue weighted by atomic mass is 9.86. The molecule has 2 amide bonds. The topological polar surface area (TPSA) is 132 Å². The van der Waals surface area contributed by atoms with Crippen LogP contribution in [0.15, 0.2) is 36.4 Å². The molecule has 1 aromatic carbocycles. The summed E-state index contributed by atoms with van der Waals surface area (Å²) in [7, 11) is 0. The van der Waals surface area contributed by atoms with Gasteiger partial charge in [-0.2, -0.15) is 0 Å². The van der Waals surface area contributed by atoms with Gasteiger partial charge in [0.2, 0.25) is 5.91 Å². The molecular formula is C22H27N5O5. The molecule has 0 spiro atoms. The van der Waals surface area contributed by atoms with E-state index in [9.17, 15) is 24.8 Å². The highest BCUT2D eigenvalue weighted by molar-refractivity contribution is 6.03. The molecule has 32 heavy (non-hydrogen) atoms. The van der Waals surface area contributed by atoms with Gasteiger partial charge in [0.15, 0.2) is 5.69 Å². The third-order valence-corrected chi connectivity index (χ3v) is 6.24. The number of nitrogens with zero attached hydrogens (tertiary/aromatic N) is 3. The number of nitro groups is 1. The minimum absolute atomic E-state index is 0.0361. The zero-order chi connectivity index (χ0) is 22.7. The normalized spacial score (nSPS) is 21.3. The number of benzene rings is 1. The molecule has 1 aliphatic heterocycles. The number of piperazine rings is 1. The number of rotatable bonds is 5. The summed E-state index contributed by atoms with van der Waals surface area (Å²) in [4.78, 5) is 41.8. The van der Waals surface area contributed by atoms with Crippen molar-refractivity contribution < 1.29 is 19.6 Å². The number of anilines is 2. The van der Waals surface area contributed by atoms with Crippen molar-refractivity contribution in [3.63, 3.8) is 0 Å². The fourth-order valence-electron chi connectivity index (χ4n) is 4.34. The highest BCUT2D eigenvalue weighted by atomic mass is 16.6. The molecule has 10 heteroatoms. The number of carbonyl (C=O) groups is 2. The average Bonchev–Trinajstić information content (AvgIpc) is 3.31. The molecule has 1 aromatic heterocycles. The molecule has 0 atom stereocenters. The molecule has 2 fully saturated rings. The van der Waals surface area contributed by atoms with Crippen molar-refractivity contribution >= 4 is 29.0 Å². The molecule has 0 unspecified atom stereocenters. The highest BCUT2D eigenvalue weighted by Gasteiger charge is 2.30. The van der Waals surface area contributed by atoms with Crippen LogP contribution in [0.25, 0.3) is 0 Å². The zero-order valence-corrected chi connectivity index (χ0v) is 17.7. The van der Waals surface area contributed by atoms with Gasteiger partial charge in [0, 0.05) is 49.5 Å². The molecule has 0 radical (unpaired) electrons. The van der Waals surface area contributed by atoms with E-state index in [4.69, 9.17) is 0 Å². The summed E-state index contributed by atoms with van der Waals surface area (Å²) in [5.41, 5.74) is 1.71. The van der Waals surface area contributed by atoms with Crippen LogP contribution < -0.4 is 10.2 Å². The lowest BCUT2D eigenvalue weighted by Gasteiger charge is -2.38. The van der Waals surface area contributed by atoms with Gasteiger partial charge in [-0.15, -0.1) is 0 Å². The van der Waals surface area contributed by atoms with Crippen molar-refractivity contribution in [1.29, 1.82) is 0 Å². The second-order valence-corrected chi connectivity index (χ2v) is 8.33. The summed E-state index contributed by atoms with van der Waals surface area (Å²) in [6.45, 7) is 2.81. The van der Waals surface area contributed by atoms with Crippen LogP contribution in [0.4, 0.5) is 17.2 Å². The molecule has 3 N–H and O–H groups in total. The second-order valence-electron chi connectivity index (χ2n) is 8.33.